The molecule has 92 valence electrons. The lowest BCUT2D eigenvalue weighted by molar-refractivity contribution is 0.0654. The molecule has 0 fully saturated rings. The zero-order valence-corrected chi connectivity index (χ0v) is 9.90. The van der Waals surface area contributed by atoms with E-state index < -0.39 is 11.9 Å². The Balaban J connectivity index is 2.73. The second-order valence-electron chi connectivity index (χ2n) is 3.52. The average Bonchev–Trinajstić information content (AvgIpc) is 2.68. The summed E-state index contributed by atoms with van der Waals surface area (Å²) in [4.78, 5) is 22.6. The number of thiophene rings is 1. The van der Waals surface area contributed by atoms with Crippen molar-refractivity contribution in [2.45, 2.75) is 0 Å². The minimum atomic E-state index is -1.33. The van der Waals surface area contributed by atoms with Gasteiger partial charge in [-0.05, 0) is 5.56 Å². The third-order valence-corrected chi connectivity index (χ3v) is 3.47. The molecule has 0 bridgehead atoms. The third kappa shape index (κ3) is 1.93. The number of aromatic carboxylic acids is 2. The summed E-state index contributed by atoms with van der Waals surface area (Å²) >= 11 is 0.967. The predicted molar refractivity (Wildman–Crippen MR) is 68.1 cm³/mol. The molecule has 0 spiro atoms. The zero-order chi connectivity index (χ0) is 13.3. The number of anilines is 1. The predicted octanol–water partition coefficient (Wildman–Crippen LogP) is 2.39. The Morgan fingerprint density at radius 1 is 1.00 bits per heavy atom. The third-order valence-electron chi connectivity index (χ3n) is 2.40. The van der Waals surface area contributed by atoms with Crippen LogP contribution in [0, 0.1) is 0 Å². The van der Waals surface area contributed by atoms with Crippen molar-refractivity contribution < 1.29 is 19.8 Å². The molecule has 18 heavy (non-hydrogen) atoms. The van der Waals surface area contributed by atoms with Crippen LogP contribution >= 0.6 is 11.3 Å². The van der Waals surface area contributed by atoms with Crippen molar-refractivity contribution in [3.8, 4) is 10.4 Å². The molecule has 6 heteroatoms. The maximum Gasteiger partial charge on any atom is 0.339 e. The number of rotatable bonds is 3. The zero-order valence-electron chi connectivity index (χ0n) is 9.08. The molecule has 1 aromatic heterocycles. The second kappa shape index (κ2) is 4.50. The maximum atomic E-state index is 11.2. The van der Waals surface area contributed by atoms with Crippen LogP contribution in [-0.2, 0) is 0 Å². The van der Waals surface area contributed by atoms with Gasteiger partial charge in [0.1, 0.15) is 10.6 Å². The molecule has 2 rings (SSSR count). The smallest absolute Gasteiger partial charge is 0.339 e. The van der Waals surface area contributed by atoms with Crippen LogP contribution < -0.4 is 5.73 Å². The van der Waals surface area contributed by atoms with Crippen LogP contribution in [0.5, 0.6) is 0 Å². The quantitative estimate of drug-likeness (QED) is 0.789. The number of hydrogen-bond acceptors (Lipinski definition) is 4. The van der Waals surface area contributed by atoms with Gasteiger partial charge in [0.05, 0.1) is 10.4 Å². The van der Waals surface area contributed by atoms with E-state index in [9.17, 15) is 9.59 Å². The standard InChI is InChI=1S/C12H9NO4S/c13-10-8(12(16)17)7(11(14)15)9(18-10)6-4-2-1-3-5-6/h1-5H,13H2,(H,14,15)(H,16,17). The summed E-state index contributed by atoms with van der Waals surface area (Å²) in [6.07, 6.45) is 0. The number of carbonyl (C=O) groups is 2. The Bertz CT molecular complexity index is 619. The lowest BCUT2D eigenvalue weighted by Crippen LogP contribution is -2.07. The number of hydrogen-bond donors (Lipinski definition) is 3. The van der Waals surface area contributed by atoms with Gasteiger partial charge in [-0.1, -0.05) is 30.3 Å². The highest BCUT2D eigenvalue weighted by molar-refractivity contribution is 7.20. The van der Waals surface area contributed by atoms with E-state index >= 15 is 0 Å². The van der Waals surface area contributed by atoms with E-state index in [2.05, 4.69) is 0 Å². The summed E-state index contributed by atoms with van der Waals surface area (Å²) < 4.78 is 0. The van der Waals surface area contributed by atoms with Gasteiger partial charge < -0.3 is 15.9 Å². The van der Waals surface area contributed by atoms with E-state index in [1.54, 1.807) is 30.3 Å². The van der Waals surface area contributed by atoms with E-state index in [1.165, 1.54) is 0 Å². The van der Waals surface area contributed by atoms with Gasteiger partial charge in [0.2, 0.25) is 0 Å². The van der Waals surface area contributed by atoms with Crippen molar-refractivity contribution in [2.75, 3.05) is 5.73 Å². The van der Waals surface area contributed by atoms with Gasteiger partial charge in [-0.25, -0.2) is 9.59 Å². The fraction of sp³-hybridized carbons (Fsp3) is 0. The van der Waals surface area contributed by atoms with Crippen molar-refractivity contribution in [2.24, 2.45) is 0 Å². The molecule has 2 aromatic rings. The molecule has 5 nitrogen and oxygen atoms in total. The minimum absolute atomic E-state index is 0.00115. The van der Waals surface area contributed by atoms with E-state index in [-0.39, 0.29) is 16.1 Å². The molecule has 0 saturated heterocycles. The molecule has 0 atom stereocenters. The summed E-state index contributed by atoms with van der Waals surface area (Å²) in [5, 5.41) is 18.2. The Hall–Kier alpha value is -2.34. The molecule has 0 unspecified atom stereocenters. The van der Waals surface area contributed by atoms with E-state index in [0.717, 1.165) is 11.3 Å². The van der Waals surface area contributed by atoms with Crippen LogP contribution in [0.15, 0.2) is 30.3 Å². The van der Waals surface area contributed by atoms with E-state index in [0.29, 0.717) is 10.4 Å². The molecule has 0 aliphatic rings. The van der Waals surface area contributed by atoms with Gasteiger partial charge in [-0.15, -0.1) is 11.3 Å². The molecule has 4 N–H and O–H groups in total. The van der Waals surface area contributed by atoms with Crippen LogP contribution in [-0.4, -0.2) is 22.2 Å². The maximum absolute atomic E-state index is 11.2. The van der Waals surface area contributed by atoms with Gasteiger partial charge in [-0.3, -0.25) is 0 Å². The largest absolute Gasteiger partial charge is 0.478 e. The first-order chi connectivity index (χ1) is 8.52. The normalized spacial score (nSPS) is 10.2. The van der Waals surface area contributed by atoms with E-state index in [1.807, 2.05) is 0 Å². The van der Waals surface area contributed by atoms with Crippen molar-refractivity contribution in [3.05, 3.63) is 41.5 Å². The second-order valence-corrected chi connectivity index (χ2v) is 4.57. The van der Waals surface area contributed by atoms with Gasteiger partial charge in [0.15, 0.2) is 0 Å². The topological polar surface area (TPSA) is 101 Å². The molecule has 1 aromatic carbocycles. The van der Waals surface area contributed by atoms with Crippen LogP contribution in [0.25, 0.3) is 10.4 Å². The first-order valence-corrected chi connectivity index (χ1v) is 5.78. The van der Waals surface area contributed by atoms with Crippen molar-refractivity contribution in [1.82, 2.24) is 0 Å². The van der Waals surface area contributed by atoms with Crippen molar-refractivity contribution in [3.63, 3.8) is 0 Å². The minimum Gasteiger partial charge on any atom is -0.478 e. The van der Waals surface area contributed by atoms with Gasteiger partial charge >= 0.3 is 11.9 Å². The van der Waals surface area contributed by atoms with Crippen molar-refractivity contribution >= 4 is 28.3 Å². The van der Waals surface area contributed by atoms with Crippen LogP contribution in [0.1, 0.15) is 20.7 Å². The van der Waals surface area contributed by atoms with Gasteiger partial charge in [0, 0.05) is 0 Å². The highest BCUT2D eigenvalue weighted by Gasteiger charge is 2.27. The van der Waals surface area contributed by atoms with Crippen LogP contribution in [0.3, 0.4) is 0 Å². The fourth-order valence-electron chi connectivity index (χ4n) is 1.66. The van der Waals surface area contributed by atoms with Gasteiger partial charge in [-0.2, -0.15) is 0 Å². The fourth-order valence-corrected chi connectivity index (χ4v) is 2.71. The molecule has 0 radical (unpaired) electrons. The summed E-state index contributed by atoms with van der Waals surface area (Å²) in [7, 11) is 0. The van der Waals surface area contributed by atoms with Crippen LogP contribution in [0.4, 0.5) is 5.00 Å². The number of nitrogen functional groups attached to an aromatic ring is 1. The van der Waals surface area contributed by atoms with Crippen molar-refractivity contribution in [1.29, 1.82) is 0 Å². The Morgan fingerprint density at radius 2 is 1.56 bits per heavy atom. The number of benzene rings is 1. The number of nitrogens with two attached hydrogens (primary N) is 1. The summed E-state index contributed by atoms with van der Waals surface area (Å²) in [5.74, 6) is -2.62. The molecule has 0 amide bonds. The molecular weight excluding hydrogens is 254 g/mol. The first kappa shape index (κ1) is 12.1. The summed E-state index contributed by atoms with van der Waals surface area (Å²) in [6, 6.07) is 8.71. The molecule has 0 aliphatic carbocycles. The van der Waals surface area contributed by atoms with Crippen LogP contribution in [0.2, 0.25) is 0 Å². The number of carboxylic acid groups (broad SMARTS) is 2. The summed E-state index contributed by atoms with van der Waals surface area (Å²) in [5.41, 5.74) is 5.64. The molecule has 0 aliphatic heterocycles. The summed E-state index contributed by atoms with van der Waals surface area (Å²) in [6.45, 7) is 0. The molecule has 0 saturated carbocycles. The highest BCUT2D eigenvalue weighted by atomic mass is 32.1. The molecular formula is C12H9NO4S. The van der Waals surface area contributed by atoms with Gasteiger partial charge in [0.25, 0.3) is 0 Å². The monoisotopic (exact) mass is 263 g/mol. The Morgan fingerprint density at radius 3 is 2.06 bits per heavy atom. The lowest BCUT2D eigenvalue weighted by Gasteiger charge is -2.00. The highest BCUT2D eigenvalue weighted by Crippen LogP contribution is 2.38. The lowest BCUT2D eigenvalue weighted by atomic mass is 10.1. The molecule has 1 heterocycles. The Labute approximate surface area is 106 Å². The number of carboxylic acids is 2. The van der Waals surface area contributed by atoms with E-state index in [4.69, 9.17) is 15.9 Å². The Kier molecular flexibility index (Phi) is 3.03. The first-order valence-electron chi connectivity index (χ1n) is 4.96. The SMILES string of the molecule is Nc1sc(-c2ccccc2)c(C(=O)O)c1C(=O)O. The average molecular weight is 263 g/mol.